The van der Waals surface area contributed by atoms with Crippen LogP contribution in [0.15, 0.2) is 24.3 Å². The Hall–Kier alpha value is -3.33. The van der Waals surface area contributed by atoms with Crippen LogP contribution in [0.5, 0.6) is 28.7 Å². The molecule has 13 nitrogen and oxygen atoms in total. The summed E-state index contributed by atoms with van der Waals surface area (Å²) in [5.41, 5.74) is 0.0647. The van der Waals surface area contributed by atoms with Gasteiger partial charge in [-0.05, 0) is 47.9 Å². The number of methoxy groups -OCH3 is 2. The molecule has 0 radical (unpaired) electrons. The predicted octanol–water partition coefficient (Wildman–Crippen LogP) is 1.34. The van der Waals surface area contributed by atoms with E-state index in [1.807, 2.05) is 0 Å². The fraction of sp³-hybridized carbons (Fsp3) is 0.552. The highest BCUT2D eigenvalue weighted by Crippen LogP contribution is 2.57. The van der Waals surface area contributed by atoms with E-state index < -0.39 is 80.1 Å². The van der Waals surface area contributed by atoms with E-state index in [1.165, 1.54) is 38.5 Å². The van der Waals surface area contributed by atoms with Crippen LogP contribution in [0.2, 0.25) is 0 Å². The van der Waals surface area contributed by atoms with E-state index in [0.717, 1.165) is 0 Å². The predicted molar refractivity (Wildman–Crippen MR) is 138 cm³/mol. The molecule has 0 amide bonds. The molecule has 5 aliphatic rings. The van der Waals surface area contributed by atoms with Crippen LogP contribution in [0.1, 0.15) is 42.5 Å². The first kappa shape index (κ1) is 22.2. The molecule has 3 fully saturated rings. The average Bonchev–Trinajstić information content (AvgIpc) is 3.46. The van der Waals surface area contributed by atoms with E-state index in [-0.39, 0.29) is 52.0 Å². The molecule has 3 N–H and O–H groups in total. The zero-order valence-corrected chi connectivity index (χ0v) is 22.6. The van der Waals surface area contributed by atoms with Gasteiger partial charge in [0.05, 0.1) is 42.1 Å². The molecule has 2 aromatic rings. The summed E-state index contributed by atoms with van der Waals surface area (Å²) in [4.78, 5) is 13.7. The van der Waals surface area contributed by atoms with Crippen molar-refractivity contribution in [1.29, 1.82) is 0 Å². The number of rotatable bonds is 5. The molecule has 4 heterocycles. The largest absolute Gasteiger partial charge is 0.502 e. The maximum absolute atomic E-state index is 13.7. The first-order chi connectivity index (χ1) is 22.1. The summed E-state index contributed by atoms with van der Waals surface area (Å²) < 4.78 is 93.5. The molecule has 42 heavy (non-hydrogen) atoms. The maximum atomic E-state index is 13.7. The van der Waals surface area contributed by atoms with Crippen LogP contribution in [0.3, 0.4) is 0 Å². The molecule has 0 saturated carbocycles. The lowest BCUT2D eigenvalue weighted by Gasteiger charge is -2.47. The summed E-state index contributed by atoms with van der Waals surface area (Å²) in [5.74, 6) is -7.38. The highest BCUT2D eigenvalue weighted by atomic mass is 16.8. The van der Waals surface area contributed by atoms with E-state index in [2.05, 4.69) is 0 Å². The number of cyclic esters (lactones) is 1. The van der Waals surface area contributed by atoms with Gasteiger partial charge >= 0.3 is 5.97 Å². The SMILES string of the molecule is [2H]C1([2H])Oc2cc3c(cc2O1)[C@@]([2H])(c1cc(OC)c(O)c(OC)c1)[C@H]1C(=O)OC([2H])([2H])[C@@H]1[C@@H]3O[C@@H]1O[C@@H]2CO[C@@H](C)O[C@H]2[C@H](O)[C@H]1O. The number of aliphatic hydroxyl groups is 2. The standard InChI is InChI=1S/C29H32O13/c1-11-36-9-20-27(40-11)24(31)25(32)29(41-20)42-26-14-7-17-16(38-10-39-17)6-13(14)21(22-15(26)8-37-28(22)33)12-4-18(34-2)23(30)19(5-12)35-3/h4-7,11,15,20-22,24-27,29-32H,8-10H2,1-3H3/t11-,15+,20-,21-,22+,24-,25-,26-,27-,29+/m1/s1/i8D2,10D2,21D. The zero-order chi connectivity index (χ0) is 33.8. The van der Waals surface area contributed by atoms with Crippen LogP contribution in [0.25, 0.3) is 0 Å². The third-order valence-corrected chi connectivity index (χ3v) is 8.12. The number of ether oxygens (including phenoxy) is 9. The van der Waals surface area contributed by atoms with Crippen molar-refractivity contribution in [1.82, 2.24) is 0 Å². The second-order valence-electron chi connectivity index (χ2n) is 10.4. The van der Waals surface area contributed by atoms with Crippen molar-refractivity contribution in [2.24, 2.45) is 11.8 Å². The quantitative estimate of drug-likeness (QED) is 0.427. The molecule has 2 aromatic carbocycles. The van der Waals surface area contributed by atoms with Gasteiger partial charge in [-0.2, -0.15) is 0 Å². The molecule has 1 aliphatic carbocycles. The number of benzene rings is 2. The summed E-state index contributed by atoms with van der Waals surface area (Å²) in [6.07, 6.45) is -8.85. The van der Waals surface area contributed by atoms with Crippen molar-refractivity contribution in [3.05, 3.63) is 41.0 Å². The molecule has 7 rings (SSSR count). The fourth-order valence-corrected chi connectivity index (χ4v) is 6.11. The van der Waals surface area contributed by atoms with E-state index >= 15 is 0 Å². The van der Waals surface area contributed by atoms with Gasteiger partial charge in [-0.25, -0.2) is 0 Å². The normalized spacial score (nSPS) is 42.4. The maximum Gasteiger partial charge on any atom is 0.310 e. The minimum absolute atomic E-state index is 0.00451. The van der Waals surface area contributed by atoms with Crippen LogP contribution in [0.4, 0.5) is 0 Å². The van der Waals surface area contributed by atoms with Crippen LogP contribution >= 0.6 is 0 Å². The van der Waals surface area contributed by atoms with Gasteiger partial charge in [0, 0.05) is 13.2 Å². The first-order valence-corrected chi connectivity index (χ1v) is 13.3. The lowest BCUT2D eigenvalue weighted by atomic mass is 9.66. The Balaban J connectivity index is 1.42. The molecule has 4 aliphatic heterocycles. The Morgan fingerprint density at radius 1 is 0.976 bits per heavy atom. The van der Waals surface area contributed by atoms with Gasteiger partial charge in [-0.15, -0.1) is 0 Å². The lowest BCUT2D eigenvalue weighted by Crippen LogP contribution is -2.63. The molecule has 0 unspecified atom stereocenters. The minimum Gasteiger partial charge on any atom is -0.502 e. The van der Waals surface area contributed by atoms with Crippen molar-refractivity contribution < 1.29 is 69.6 Å². The van der Waals surface area contributed by atoms with Crippen molar-refractivity contribution in [2.75, 3.05) is 34.1 Å². The molecule has 226 valence electrons. The Kier molecular flexibility index (Phi) is 5.53. The Bertz CT molecular complexity index is 1580. The Morgan fingerprint density at radius 3 is 2.36 bits per heavy atom. The van der Waals surface area contributed by atoms with Crippen LogP contribution in [-0.2, 0) is 28.5 Å². The summed E-state index contributed by atoms with van der Waals surface area (Å²) in [7, 11) is 2.55. The van der Waals surface area contributed by atoms with Gasteiger partial charge in [0.15, 0.2) is 35.6 Å². The summed E-state index contributed by atoms with van der Waals surface area (Å²) in [6, 6.07) is 5.19. The number of phenolic OH excluding ortho intramolecular Hbond substituents is 1. The van der Waals surface area contributed by atoms with E-state index in [1.54, 1.807) is 6.92 Å². The van der Waals surface area contributed by atoms with Crippen molar-refractivity contribution in [2.45, 2.75) is 55.9 Å². The van der Waals surface area contributed by atoms with Crippen molar-refractivity contribution in [3.8, 4) is 28.7 Å². The minimum atomic E-state index is -2.75. The molecule has 0 bridgehead atoms. The highest BCUT2D eigenvalue weighted by Gasteiger charge is 2.56. The monoisotopic (exact) mass is 593 g/mol. The Morgan fingerprint density at radius 2 is 1.67 bits per heavy atom. The smallest absolute Gasteiger partial charge is 0.310 e. The summed E-state index contributed by atoms with van der Waals surface area (Å²) >= 11 is 0. The van der Waals surface area contributed by atoms with Crippen LogP contribution in [-0.4, -0.2) is 92.4 Å². The number of phenols is 1. The number of hydrogen-bond acceptors (Lipinski definition) is 13. The van der Waals surface area contributed by atoms with Gasteiger partial charge in [0.2, 0.25) is 12.5 Å². The van der Waals surface area contributed by atoms with Gasteiger partial charge in [0.1, 0.15) is 27.2 Å². The molecular weight excluding hydrogens is 556 g/mol. The number of carbonyl (C=O) groups is 1. The number of hydrogen-bond donors (Lipinski definition) is 3. The first-order valence-electron chi connectivity index (χ1n) is 15.8. The lowest BCUT2D eigenvalue weighted by molar-refractivity contribution is -0.364. The van der Waals surface area contributed by atoms with E-state index in [9.17, 15) is 21.5 Å². The second-order valence-corrected chi connectivity index (χ2v) is 10.4. The molecule has 3 saturated heterocycles. The molecule has 13 heteroatoms. The van der Waals surface area contributed by atoms with Crippen molar-refractivity contribution in [3.63, 3.8) is 0 Å². The number of aliphatic hydroxyl groups excluding tert-OH is 2. The molecular formula is C29H32O13. The summed E-state index contributed by atoms with van der Waals surface area (Å²) in [6.45, 7) is -3.74. The topological polar surface area (TPSA) is 161 Å². The van der Waals surface area contributed by atoms with Gasteiger partial charge < -0.3 is 58.0 Å². The van der Waals surface area contributed by atoms with Crippen molar-refractivity contribution >= 4 is 5.97 Å². The number of fused-ring (bicyclic) bond motifs is 4. The number of esters is 1. The summed E-state index contributed by atoms with van der Waals surface area (Å²) in [5, 5.41) is 32.7. The fourth-order valence-electron chi connectivity index (χ4n) is 6.11. The number of aromatic hydroxyl groups is 1. The van der Waals surface area contributed by atoms with Gasteiger partial charge in [-0.1, -0.05) is 0 Å². The second kappa shape index (κ2) is 10.4. The molecule has 10 atom stereocenters. The molecule has 0 spiro atoms. The third kappa shape index (κ3) is 4.26. The Labute approximate surface area is 247 Å². The van der Waals surface area contributed by atoms with Gasteiger partial charge in [-0.3, -0.25) is 4.79 Å². The van der Waals surface area contributed by atoms with Gasteiger partial charge in [0.25, 0.3) is 0 Å². The third-order valence-electron chi connectivity index (χ3n) is 8.12. The molecule has 0 aromatic heterocycles. The highest BCUT2D eigenvalue weighted by molar-refractivity contribution is 5.79. The van der Waals surface area contributed by atoms with Crippen LogP contribution in [0, 0.1) is 11.8 Å². The zero-order valence-electron chi connectivity index (χ0n) is 27.6. The van der Waals surface area contributed by atoms with Crippen LogP contribution < -0.4 is 18.9 Å². The van der Waals surface area contributed by atoms with E-state index in [0.29, 0.717) is 0 Å². The average molecular weight is 594 g/mol. The number of carbonyl (C=O) groups excluding carboxylic acids is 1. The van der Waals surface area contributed by atoms with E-state index in [4.69, 9.17) is 48.1 Å².